The standard InChI is InChI=1S/C13H15ClFN3O2S/c1-7(21(3,19)20)12-10(13(16)18(2)17-12)8-5-4-6-9(14)11(8)15/h4-7H,16H2,1-3H3. The Hall–Kier alpha value is -1.60. The first-order valence-electron chi connectivity index (χ1n) is 6.10. The van der Waals surface area contributed by atoms with Gasteiger partial charge in [0.05, 0.1) is 16.3 Å². The number of sulfone groups is 1. The fraction of sp³-hybridized carbons (Fsp3) is 0.308. The molecule has 2 N–H and O–H groups in total. The molecule has 0 radical (unpaired) electrons. The molecular formula is C13H15ClFN3O2S. The van der Waals surface area contributed by atoms with Crippen molar-refractivity contribution in [1.29, 1.82) is 0 Å². The lowest BCUT2D eigenvalue weighted by molar-refractivity contribution is 0.589. The van der Waals surface area contributed by atoms with E-state index in [2.05, 4.69) is 5.10 Å². The van der Waals surface area contributed by atoms with Crippen LogP contribution in [-0.4, -0.2) is 24.5 Å². The van der Waals surface area contributed by atoms with Crippen molar-refractivity contribution in [3.05, 3.63) is 34.7 Å². The van der Waals surface area contributed by atoms with Crippen LogP contribution in [0.1, 0.15) is 17.9 Å². The Morgan fingerprint density at radius 2 is 2.05 bits per heavy atom. The van der Waals surface area contributed by atoms with E-state index in [9.17, 15) is 12.8 Å². The Balaban J connectivity index is 2.78. The van der Waals surface area contributed by atoms with Gasteiger partial charge in [0.15, 0.2) is 9.84 Å². The fourth-order valence-electron chi connectivity index (χ4n) is 2.02. The molecule has 1 atom stereocenters. The number of aromatic nitrogens is 2. The first-order chi connectivity index (χ1) is 9.64. The topological polar surface area (TPSA) is 78.0 Å². The largest absolute Gasteiger partial charge is 0.383 e. The molecule has 0 saturated heterocycles. The van der Waals surface area contributed by atoms with Gasteiger partial charge in [-0.2, -0.15) is 5.10 Å². The maximum absolute atomic E-state index is 14.2. The third-order valence-corrected chi connectivity index (χ3v) is 5.17. The van der Waals surface area contributed by atoms with Gasteiger partial charge >= 0.3 is 0 Å². The second-order valence-electron chi connectivity index (χ2n) is 4.84. The van der Waals surface area contributed by atoms with Gasteiger partial charge in [0.1, 0.15) is 16.9 Å². The van der Waals surface area contributed by atoms with E-state index in [1.54, 1.807) is 13.1 Å². The molecule has 1 heterocycles. The Labute approximate surface area is 127 Å². The molecular weight excluding hydrogens is 317 g/mol. The summed E-state index contributed by atoms with van der Waals surface area (Å²) in [4.78, 5) is 0. The van der Waals surface area contributed by atoms with E-state index in [-0.39, 0.29) is 27.7 Å². The summed E-state index contributed by atoms with van der Waals surface area (Å²) >= 11 is 5.78. The van der Waals surface area contributed by atoms with Gasteiger partial charge in [0.2, 0.25) is 0 Å². The minimum absolute atomic E-state index is 0.0614. The van der Waals surface area contributed by atoms with Crippen molar-refractivity contribution >= 4 is 27.3 Å². The van der Waals surface area contributed by atoms with Gasteiger partial charge in [-0.15, -0.1) is 0 Å². The average molecular weight is 332 g/mol. The minimum atomic E-state index is -3.40. The fourth-order valence-corrected chi connectivity index (χ4v) is 2.76. The number of nitrogens with two attached hydrogens (primary N) is 1. The summed E-state index contributed by atoms with van der Waals surface area (Å²) in [5.74, 6) is -0.470. The maximum Gasteiger partial charge on any atom is 0.155 e. The summed E-state index contributed by atoms with van der Waals surface area (Å²) < 4.78 is 39.1. The van der Waals surface area contributed by atoms with Crippen LogP contribution in [-0.2, 0) is 16.9 Å². The van der Waals surface area contributed by atoms with Crippen molar-refractivity contribution in [1.82, 2.24) is 9.78 Å². The molecule has 0 aliphatic heterocycles. The number of nitrogen functional groups attached to an aromatic ring is 1. The molecule has 2 aromatic rings. The summed E-state index contributed by atoms with van der Waals surface area (Å²) in [6.07, 6.45) is 1.10. The van der Waals surface area contributed by atoms with Crippen molar-refractivity contribution in [2.45, 2.75) is 12.2 Å². The molecule has 0 amide bonds. The zero-order valence-electron chi connectivity index (χ0n) is 11.8. The van der Waals surface area contributed by atoms with E-state index in [1.165, 1.54) is 23.7 Å². The predicted molar refractivity (Wildman–Crippen MR) is 81.3 cm³/mol. The smallest absolute Gasteiger partial charge is 0.155 e. The summed E-state index contributed by atoms with van der Waals surface area (Å²) in [6.45, 7) is 1.49. The van der Waals surface area contributed by atoms with E-state index in [4.69, 9.17) is 17.3 Å². The second-order valence-corrected chi connectivity index (χ2v) is 7.62. The quantitative estimate of drug-likeness (QED) is 0.937. The number of hydrogen-bond donors (Lipinski definition) is 1. The van der Waals surface area contributed by atoms with Crippen molar-refractivity contribution in [2.24, 2.45) is 7.05 Å². The number of nitrogens with zero attached hydrogens (tertiary/aromatic N) is 2. The predicted octanol–water partition coefficient (Wildman–Crippen LogP) is 2.57. The third-order valence-electron chi connectivity index (χ3n) is 3.37. The normalized spacial score (nSPS) is 13.4. The summed E-state index contributed by atoms with van der Waals surface area (Å²) in [5, 5.41) is 3.16. The molecule has 0 bridgehead atoms. The van der Waals surface area contributed by atoms with Crippen molar-refractivity contribution < 1.29 is 12.8 Å². The van der Waals surface area contributed by atoms with Crippen LogP contribution in [0.3, 0.4) is 0 Å². The highest BCUT2D eigenvalue weighted by molar-refractivity contribution is 7.90. The van der Waals surface area contributed by atoms with Crippen molar-refractivity contribution in [2.75, 3.05) is 12.0 Å². The molecule has 21 heavy (non-hydrogen) atoms. The molecule has 0 fully saturated rings. The molecule has 0 aliphatic rings. The number of benzene rings is 1. The number of aryl methyl sites for hydroxylation is 1. The molecule has 0 spiro atoms. The molecule has 1 aromatic heterocycles. The SMILES string of the molecule is CC(c1nn(C)c(N)c1-c1cccc(Cl)c1F)S(C)(=O)=O. The van der Waals surface area contributed by atoms with Gasteiger partial charge < -0.3 is 5.73 Å². The Morgan fingerprint density at radius 1 is 1.43 bits per heavy atom. The average Bonchev–Trinajstić information content (AvgIpc) is 2.67. The number of hydrogen-bond acceptors (Lipinski definition) is 4. The Bertz CT molecular complexity index is 802. The van der Waals surface area contributed by atoms with Crippen LogP contribution in [0, 0.1) is 5.82 Å². The molecule has 8 heteroatoms. The lowest BCUT2D eigenvalue weighted by atomic mass is 10.0. The molecule has 5 nitrogen and oxygen atoms in total. The lowest BCUT2D eigenvalue weighted by Gasteiger charge is -2.11. The summed E-state index contributed by atoms with van der Waals surface area (Å²) in [6, 6.07) is 4.47. The number of anilines is 1. The van der Waals surface area contributed by atoms with Gasteiger partial charge in [-0.05, 0) is 13.0 Å². The molecule has 2 rings (SSSR count). The van der Waals surface area contributed by atoms with E-state index < -0.39 is 20.9 Å². The zero-order chi connectivity index (χ0) is 15.9. The minimum Gasteiger partial charge on any atom is -0.383 e. The summed E-state index contributed by atoms with van der Waals surface area (Å²) in [7, 11) is -1.83. The van der Waals surface area contributed by atoms with Gasteiger partial charge in [-0.25, -0.2) is 12.8 Å². The first kappa shape index (κ1) is 15.8. The van der Waals surface area contributed by atoms with E-state index in [1.807, 2.05) is 0 Å². The Morgan fingerprint density at radius 3 is 2.62 bits per heavy atom. The highest BCUT2D eigenvalue weighted by Crippen LogP contribution is 2.38. The monoisotopic (exact) mass is 331 g/mol. The molecule has 0 aliphatic carbocycles. The van der Waals surface area contributed by atoms with Gasteiger partial charge in [0.25, 0.3) is 0 Å². The van der Waals surface area contributed by atoms with Crippen LogP contribution in [0.15, 0.2) is 18.2 Å². The van der Waals surface area contributed by atoms with Crippen molar-refractivity contribution in [3.63, 3.8) is 0 Å². The van der Waals surface area contributed by atoms with Crippen LogP contribution in [0.5, 0.6) is 0 Å². The lowest BCUT2D eigenvalue weighted by Crippen LogP contribution is -2.10. The highest BCUT2D eigenvalue weighted by Gasteiger charge is 2.28. The van der Waals surface area contributed by atoms with Crippen LogP contribution >= 0.6 is 11.6 Å². The van der Waals surface area contributed by atoms with Gasteiger partial charge in [-0.3, -0.25) is 4.68 Å². The number of halogens is 2. The maximum atomic E-state index is 14.2. The molecule has 1 unspecified atom stereocenters. The first-order valence-corrected chi connectivity index (χ1v) is 8.43. The van der Waals surface area contributed by atoms with Crippen LogP contribution in [0.25, 0.3) is 11.1 Å². The summed E-state index contributed by atoms with van der Waals surface area (Å²) in [5.41, 5.74) is 6.54. The molecule has 1 aromatic carbocycles. The third kappa shape index (κ3) is 2.75. The van der Waals surface area contributed by atoms with Crippen molar-refractivity contribution in [3.8, 4) is 11.1 Å². The van der Waals surface area contributed by atoms with Crippen LogP contribution in [0.4, 0.5) is 10.2 Å². The molecule has 114 valence electrons. The van der Waals surface area contributed by atoms with Crippen LogP contribution in [0.2, 0.25) is 5.02 Å². The van der Waals surface area contributed by atoms with E-state index in [0.717, 1.165) is 6.26 Å². The Kier molecular flexibility index (Phi) is 3.99. The van der Waals surface area contributed by atoms with Gasteiger partial charge in [-0.1, -0.05) is 23.7 Å². The highest BCUT2D eigenvalue weighted by atomic mass is 35.5. The van der Waals surface area contributed by atoms with Crippen LogP contribution < -0.4 is 5.73 Å². The molecule has 0 saturated carbocycles. The zero-order valence-corrected chi connectivity index (χ0v) is 13.3. The van der Waals surface area contributed by atoms with E-state index in [0.29, 0.717) is 0 Å². The van der Waals surface area contributed by atoms with E-state index >= 15 is 0 Å². The number of rotatable bonds is 3. The van der Waals surface area contributed by atoms with Gasteiger partial charge in [0, 0.05) is 18.9 Å². The second kappa shape index (κ2) is 5.31.